The number of aromatic nitrogens is 2. The number of ether oxygens (including phenoxy) is 1. The topological polar surface area (TPSA) is 90.5 Å². The lowest BCUT2D eigenvalue weighted by atomic mass is 10.1. The van der Waals surface area contributed by atoms with Gasteiger partial charge >= 0.3 is 0 Å². The van der Waals surface area contributed by atoms with Crippen molar-refractivity contribution < 1.29 is 9.53 Å². The van der Waals surface area contributed by atoms with Crippen LogP contribution in [0, 0.1) is 0 Å². The highest BCUT2D eigenvalue weighted by molar-refractivity contribution is 6.10. The average molecular weight is 282 g/mol. The molecule has 2 rings (SSSR count). The molecule has 2 N–H and O–H groups in total. The van der Waals surface area contributed by atoms with E-state index in [-0.39, 0.29) is 0 Å². The van der Waals surface area contributed by atoms with Crippen LogP contribution in [0.3, 0.4) is 0 Å². The minimum Gasteiger partial charge on any atom is -0.481 e. The monoisotopic (exact) mass is 282 g/mol. The van der Waals surface area contributed by atoms with Crippen molar-refractivity contribution in [2.45, 2.75) is 0 Å². The van der Waals surface area contributed by atoms with Gasteiger partial charge in [0.15, 0.2) is 12.1 Å². The quantitative estimate of drug-likeness (QED) is 0.669. The molecule has 6 heteroatoms. The molecule has 0 aliphatic carbocycles. The van der Waals surface area contributed by atoms with Gasteiger partial charge in [-0.1, -0.05) is 0 Å². The minimum absolute atomic E-state index is 0.487. The van der Waals surface area contributed by atoms with Crippen LogP contribution in [0.25, 0.3) is 5.57 Å². The van der Waals surface area contributed by atoms with Crippen molar-refractivity contribution in [3.8, 4) is 5.88 Å². The molecule has 2 aromatic heterocycles. The number of carbonyl (C=O) groups is 1. The molecule has 2 aromatic rings. The van der Waals surface area contributed by atoms with Crippen molar-refractivity contribution in [1.29, 1.82) is 0 Å². The lowest BCUT2D eigenvalue weighted by Gasteiger charge is -2.03. The standard InChI is InChI=1S/C15H14N4O2/c1-21-15-6-12(4-5-17-15)13(7-16)9-19-14-3-2-11(10-20)8-18-14/h2-10H,16H2,1H3. The first-order valence-corrected chi connectivity index (χ1v) is 6.14. The maximum absolute atomic E-state index is 10.6. The molecule has 0 fully saturated rings. The Hall–Kier alpha value is -3.02. The fourth-order valence-electron chi connectivity index (χ4n) is 1.59. The number of aliphatic imine (C=N–C) groups is 1. The van der Waals surface area contributed by atoms with Crippen LogP contribution in [0.5, 0.6) is 5.88 Å². The summed E-state index contributed by atoms with van der Waals surface area (Å²) in [5, 5.41) is 0. The minimum atomic E-state index is 0.487. The summed E-state index contributed by atoms with van der Waals surface area (Å²) in [4.78, 5) is 22.9. The third-order valence-electron chi connectivity index (χ3n) is 2.70. The summed E-state index contributed by atoms with van der Waals surface area (Å²) < 4.78 is 5.07. The number of carbonyl (C=O) groups excluding carboxylic acids is 1. The van der Waals surface area contributed by atoms with Gasteiger partial charge in [0.05, 0.1) is 7.11 Å². The summed E-state index contributed by atoms with van der Waals surface area (Å²) in [7, 11) is 1.55. The molecule has 0 bridgehead atoms. The zero-order chi connectivity index (χ0) is 15.1. The Morgan fingerprint density at radius 2 is 2.19 bits per heavy atom. The molecule has 0 amide bonds. The first kappa shape index (κ1) is 14.4. The van der Waals surface area contributed by atoms with Gasteiger partial charge in [0.25, 0.3) is 0 Å². The van der Waals surface area contributed by atoms with Crippen LogP contribution in [0.4, 0.5) is 5.82 Å². The van der Waals surface area contributed by atoms with E-state index >= 15 is 0 Å². The predicted molar refractivity (Wildman–Crippen MR) is 80.7 cm³/mol. The Balaban J connectivity index is 2.21. The normalized spacial score (nSPS) is 11.6. The first-order valence-electron chi connectivity index (χ1n) is 6.14. The second-order valence-corrected chi connectivity index (χ2v) is 4.03. The summed E-state index contributed by atoms with van der Waals surface area (Å²) in [6, 6.07) is 6.86. The summed E-state index contributed by atoms with van der Waals surface area (Å²) in [5.74, 6) is 0.981. The van der Waals surface area contributed by atoms with E-state index in [2.05, 4.69) is 15.0 Å². The van der Waals surface area contributed by atoms with Gasteiger partial charge in [0, 0.05) is 42.0 Å². The second-order valence-electron chi connectivity index (χ2n) is 4.03. The van der Waals surface area contributed by atoms with Gasteiger partial charge in [0.2, 0.25) is 5.88 Å². The van der Waals surface area contributed by atoms with Crippen molar-refractivity contribution in [3.05, 3.63) is 54.0 Å². The van der Waals surface area contributed by atoms with E-state index in [1.54, 1.807) is 43.8 Å². The van der Waals surface area contributed by atoms with Gasteiger partial charge in [-0.2, -0.15) is 0 Å². The molecule has 6 nitrogen and oxygen atoms in total. The molecular weight excluding hydrogens is 268 g/mol. The van der Waals surface area contributed by atoms with Crippen LogP contribution in [-0.2, 0) is 0 Å². The molecule has 0 aliphatic heterocycles. The van der Waals surface area contributed by atoms with E-state index in [4.69, 9.17) is 10.5 Å². The van der Waals surface area contributed by atoms with E-state index in [9.17, 15) is 4.79 Å². The van der Waals surface area contributed by atoms with E-state index in [0.29, 0.717) is 22.8 Å². The Morgan fingerprint density at radius 1 is 1.33 bits per heavy atom. The van der Waals surface area contributed by atoms with Gasteiger partial charge < -0.3 is 10.5 Å². The van der Waals surface area contributed by atoms with Crippen LogP contribution in [-0.4, -0.2) is 29.6 Å². The molecule has 2 heterocycles. The number of nitrogens with two attached hydrogens (primary N) is 1. The number of hydrogen-bond donors (Lipinski definition) is 1. The molecule has 0 atom stereocenters. The zero-order valence-corrected chi connectivity index (χ0v) is 11.4. The SMILES string of the molecule is COc1cc(C(C=Nc2ccc(C=O)cn2)=CN)ccn1. The van der Waals surface area contributed by atoms with Crippen LogP contribution in [0.2, 0.25) is 0 Å². The Morgan fingerprint density at radius 3 is 2.81 bits per heavy atom. The fourth-order valence-corrected chi connectivity index (χ4v) is 1.59. The molecule has 0 unspecified atom stereocenters. The van der Waals surface area contributed by atoms with Crippen molar-refractivity contribution in [2.24, 2.45) is 10.7 Å². The van der Waals surface area contributed by atoms with E-state index in [0.717, 1.165) is 11.8 Å². The number of methoxy groups -OCH3 is 1. The van der Waals surface area contributed by atoms with Crippen LogP contribution >= 0.6 is 0 Å². The molecule has 106 valence electrons. The average Bonchev–Trinajstić information content (AvgIpc) is 2.56. The van der Waals surface area contributed by atoms with E-state index in [1.807, 2.05) is 0 Å². The number of pyridine rings is 2. The maximum atomic E-state index is 10.6. The second kappa shape index (κ2) is 6.95. The molecule has 0 radical (unpaired) electrons. The zero-order valence-electron chi connectivity index (χ0n) is 11.4. The van der Waals surface area contributed by atoms with Gasteiger partial charge in [-0.25, -0.2) is 15.0 Å². The van der Waals surface area contributed by atoms with Gasteiger partial charge in [0.1, 0.15) is 0 Å². The lowest BCUT2D eigenvalue weighted by molar-refractivity contribution is 0.112. The Bertz CT molecular complexity index is 678. The summed E-state index contributed by atoms with van der Waals surface area (Å²) in [6.45, 7) is 0. The summed E-state index contributed by atoms with van der Waals surface area (Å²) >= 11 is 0. The summed E-state index contributed by atoms with van der Waals surface area (Å²) in [6.07, 6.45) is 6.86. The lowest BCUT2D eigenvalue weighted by Crippen LogP contribution is -1.94. The van der Waals surface area contributed by atoms with E-state index < -0.39 is 0 Å². The van der Waals surface area contributed by atoms with Crippen LogP contribution < -0.4 is 10.5 Å². The van der Waals surface area contributed by atoms with Crippen molar-refractivity contribution >= 4 is 23.9 Å². The smallest absolute Gasteiger partial charge is 0.213 e. The molecule has 0 saturated carbocycles. The summed E-state index contributed by atoms with van der Waals surface area (Å²) in [5.41, 5.74) is 7.66. The highest BCUT2D eigenvalue weighted by atomic mass is 16.5. The Labute approximate surface area is 122 Å². The highest BCUT2D eigenvalue weighted by Crippen LogP contribution is 2.17. The molecule has 21 heavy (non-hydrogen) atoms. The molecular formula is C15H14N4O2. The number of rotatable bonds is 5. The number of allylic oxidation sites excluding steroid dienone is 1. The molecule has 0 saturated heterocycles. The fraction of sp³-hybridized carbons (Fsp3) is 0.0667. The largest absolute Gasteiger partial charge is 0.481 e. The van der Waals surface area contributed by atoms with Crippen LogP contribution in [0.15, 0.2) is 47.9 Å². The van der Waals surface area contributed by atoms with Crippen molar-refractivity contribution in [2.75, 3.05) is 7.11 Å². The number of nitrogens with zero attached hydrogens (tertiary/aromatic N) is 3. The Kier molecular flexibility index (Phi) is 4.76. The number of hydrogen-bond acceptors (Lipinski definition) is 6. The van der Waals surface area contributed by atoms with Gasteiger partial charge in [-0.3, -0.25) is 4.79 Å². The molecule has 0 spiro atoms. The van der Waals surface area contributed by atoms with Crippen molar-refractivity contribution in [1.82, 2.24) is 9.97 Å². The van der Waals surface area contributed by atoms with Crippen molar-refractivity contribution in [3.63, 3.8) is 0 Å². The maximum Gasteiger partial charge on any atom is 0.213 e. The molecule has 0 aliphatic rings. The third-order valence-corrected chi connectivity index (χ3v) is 2.70. The predicted octanol–water partition coefficient (Wildman–Crippen LogP) is 2.00. The van der Waals surface area contributed by atoms with Gasteiger partial charge in [-0.05, 0) is 23.8 Å². The highest BCUT2D eigenvalue weighted by Gasteiger charge is 2.01. The third kappa shape index (κ3) is 3.73. The van der Waals surface area contributed by atoms with Crippen LogP contribution in [0.1, 0.15) is 15.9 Å². The first-order chi connectivity index (χ1) is 10.3. The molecule has 0 aromatic carbocycles. The van der Waals surface area contributed by atoms with E-state index in [1.165, 1.54) is 12.4 Å². The van der Waals surface area contributed by atoms with Gasteiger partial charge in [-0.15, -0.1) is 0 Å². The number of aldehydes is 1.